The van der Waals surface area contributed by atoms with Crippen molar-refractivity contribution in [3.8, 4) is 0 Å². The highest BCUT2D eigenvalue weighted by Gasteiger charge is 2.23. The van der Waals surface area contributed by atoms with E-state index < -0.39 is 0 Å². The second kappa shape index (κ2) is 6.71. The third-order valence-electron chi connectivity index (χ3n) is 1.78. The first-order valence-corrected chi connectivity index (χ1v) is 4.95. The van der Waals surface area contributed by atoms with E-state index in [2.05, 4.69) is 5.32 Å². The van der Waals surface area contributed by atoms with Crippen LogP contribution in [0.2, 0.25) is 0 Å². The molecule has 2 amide bonds. The first-order chi connectivity index (χ1) is 6.24. The van der Waals surface area contributed by atoms with E-state index in [0.29, 0.717) is 26.1 Å². The SMILES string of the molecule is CC.CCNC(=O)N1CCC(O)C1. The molecule has 1 atom stereocenters. The molecule has 4 nitrogen and oxygen atoms in total. The first kappa shape index (κ1) is 12.2. The normalized spacial score (nSPS) is 20.6. The van der Waals surface area contributed by atoms with Crippen LogP contribution in [0.4, 0.5) is 4.79 Å². The fraction of sp³-hybridized carbons (Fsp3) is 0.889. The summed E-state index contributed by atoms with van der Waals surface area (Å²) in [7, 11) is 0. The Bertz CT molecular complexity index is 151. The number of β-amino-alcohol motifs (C(OH)–C–C–N with tert-alkyl or cyclic N) is 1. The van der Waals surface area contributed by atoms with Crippen LogP contribution >= 0.6 is 0 Å². The molecule has 0 saturated carbocycles. The van der Waals surface area contributed by atoms with Crippen molar-refractivity contribution in [1.29, 1.82) is 0 Å². The molecule has 4 heteroatoms. The molecule has 1 unspecified atom stereocenters. The Morgan fingerprint density at radius 1 is 1.62 bits per heavy atom. The molecule has 13 heavy (non-hydrogen) atoms. The van der Waals surface area contributed by atoms with E-state index in [0.717, 1.165) is 0 Å². The van der Waals surface area contributed by atoms with Crippen LogP contribution in [0, 0.1) is 0 Å². The van der Waals surface area contributed by atoms with E-state index >= 15 is 0 Å². The van der Waals surface area contributed by atoms with Gasteiger partial charge in [0.2, 0.25) is 0 Å². The lowest BCUT2D eigenvalue weighted by molar-refractivity contribution is 0.172. The third-order valence-corrected chi connectivity index (χ3v) is 1.78. The van der Waals surface area contributed by atoms with Crippen molar-refractivity contribution in [2.45, 2.75) is 33.3 Å². The molecule has 2 N–H and O–H groups in total. The van der Waals surface area contributed by atoms with Crippen molar-refractivity contribution >= 4 is 6.03 Å². The van der Waals surface area contributed by atoms with Crippen molar-refractivity contribution in [2.75, 3.05) is 19.6 Å². The van der Waals surface area contributed by atoms with Gasteiger partial charge in [-0.05, 0) is 13.3 Å². The fourth-order valence-electron chi connectivity index (χ4n) is 1.19. The third kappa shape index (κ3) is 4.12. The van der Waals surface area contributed by atoms with Crippen LogP contribution in [-0.2, 0) is 0 Å². The summed E-state index contributed by atoms with van der Waals surface area (Å²) < 4.78 is 0. The van der Waals surface area contributed by atoms with Crippen molar-refractivity contribution in [2.24, 2.45) is 0 Å². The summed E-state index contributed by atoms with van der Waals surface area (Å²) in [5.74, 6) is 0. The van der Waals surface area contributed by atoms with Crippen LogP contribution in [0.15, 0.2) is 0 Å². The van der Waals surface area contributed by atoms with E-state index in [4.69, 9.17) is 5.11 Å². The number of carbonyl (C=O) groups is 1. The molecule has 0 aliphatic carbocycles. The molecule has 0 spiro atoms. The minimum absolute atomic E-state index is 0.0657. The molecule has 1 fully saturated rings. The zero-order valence-corrected chi connectivity index (χ0v) is 8.71. The number of aliphatic hydroxyl groups is 1. The molecule has 78 valence electrons. The van der Waals surface area contributed by atoms with Gasteiger partial charge in [-0.3, -0.25) is 0 Å². The standard InChI is InChI=1S/C7H14N2O2.C2H6/c1-2-8-7(11)9-4-3-6(10)5-9;1-2/h6,10H,2-5H2,1H3,(H,8,11);1-2H3. The quantitative estimate of drug-likeness (QED) is 0.639. The molecular weight excluding hydrogens is 168 g/mol. The Morgan fingerprint density at radius 3 is 2.62 bits per heavy atom. The number of urea groups is 1. The van der Waals surface area contributed by atoms with Gasteiger partial charge in [0.05, 0.1) is 6.10 Å². The first-order valence-electron chi connectivity index (χ1n) is 4.95. The molecule has 0 aromatic heterocycles. The molecule has 0 aromatic carbocycles. The van der Waals surface area contributed by atoms with Crippen molar-refractivity contribution in [3.63, 3.8) is 0 Å². The van der Waals surface area contributed by atoms with Gasteiger partial charge in [-0.15, -0.1) is 0 Å². The molecule has 0 aromatic rings. The van der Waals surface area contributed by atoms with Gasteiger partial charge < -0.3 is 15.3 Å². The summed E-state index contributed by atoms with van der Waals surface area (Å²) >= 11 is 0. The van der Waals surface area contributed by atoms with Gasteiger partial charge in [0.1, 0.15) is 0 Å². The van der Waals surface area contributed by atoms with Gasteiger partial charge >= 0.3 is 6.03 Å². The van der Waals surface area contributed by atoms with Crippen LogP contribution in [0.1, 0.15) is 27.2 Å². The van der Waals surface area contributed by atoms with E-state index in [1.807, 2.05) is 20.8 Å². The van der Waals surface area contributed by atoms with Crippen LogP contribution in [0.3, 0.4) is 0 Å². The minimum atomic E-state index is -0.322. The number of rotatable bonds is 1. The largest absolute Gasteiger partial charge is 0.391 e. The van der Waals surface area contributed by atoms with Crippen LogP contribution < -0.4 is 5.32 Å². The average Bonchev–Trinajstić information content (AvgIpc) is 2.56. The zero-order valence-electron chi connectivity index (χ0n) is 8.71. The molecule has 0 radical (unpaired) electrons. The minimum Gasteiger partial charge on any atom is -0.391 e. The van der Waals surface area contributed by atoms with Crippen LogP contribution in [-0.4, -0.2) is 41.8 Å². The topological polar surface area (TPSA) is 52.6 Å². The summed E-state index contributed by atoms with van der Waals surface area (Å²) in [5, 5.41) is 11.8. The summed E-state index contributed by atoms with van der Waals surface area (Å²) in [6.07, 6.45) is 0.384. The number of aliphatic hydroxyl groups excluding tert-OH is 1. The summed E-state index contributed by atoms with van der Waals surface area (Å²) in [4.78, 5) is 12.7. The summed E-state index contributed by atoms with van der Waals surface area (Å²) in [6.45, 7) is 7.68. The van der Waals surface area contributed by atoms with Gasteiger partial charge in [0.15, 0.2) is 0 Å². The van der Waals surface area contributed by atoms with E-state index in [9.17, 15) is 4.79 Å². The summed E-state index contributed by atoms with van der Waals surface area (Å²) in [6, 6.07) is -0.0657. The smallest absolute Gasteiger partial charge is 0.317 e. The van der Waals surface area contributed by atoms with E-state index in [-0.39, 0.29) is 12.1 Å². The molecule has 0 bridgehead atoms. The highest BCUT2D eigenvalue weighted by Crippen LogP contribution is 2.07. The Morgan fingerprint density at radius 2 is 2.23 bits per heavy atom. The Balaban J connectivity index is 0.000000671. The monoisotopic (exact) mass is 188 g/mol. The number of hydrogen-bond donors (Lipinski definition) is 2. The molecule has 1 aliphatic rings. The summed E-state index contributed by atoms with van der Waals surface area (Å²) in [5.41, 5.74) is 0. The lowest BCUT2D eigenvalue weighted by Crippen LogP contribution is -2.38. The van der Waals surface area contributed by atoms with Gasteiger partial charge in [0, 0.05) is 19.6 Å². The second-order valence-electron chi connectivity index (χ2n) is 2.72. The number of nitrogens with zero attached hydrogens (tertiary/aromatic N) is 1. The van der Waals surface area contributed by atoms with Gasteiger partial charge in [-0.25, -0.2) is 4.79 Å². The molecule has 1 rings (SSSR count). The van der Waals surface area contributed by atoms with Crippen LogP contribution in [0.25, 0.3) is 0 Å². The molecule has 1 aliphatic heterocycles. The maximum Gasteiger partial charge on any atom is 0.317 e. The van der Waals surface area contributed by atoms with Crippen LogP contribution in [0.5, 0.6) is 0 Å². The van der Waals surface area contributed by atoms with Gasteiger partial charge in [-0.2, -0.15) is 0 Å². The highest BCUT2D eigenvalue weighted by atomic mass is 16.3. The number of carbonyl (C=O) groups excluding carboxylic acids is 1. The van der Waals surface area contributed by atoms with E-state index in [1.54, 1.807) is 4.90 Å². The predicted octanol–water partition coefficient (Wildman–Crippen LogP) is 0.809. The maximum absolute atomic E-state index is 11.1. The number of amides is 2. The molecule has 1 saturated heterocycles. The van der Waals surface area contributed by atoms with E-state index in [1.165, 1.54) is 0 Å². The van der Waals surface area contributed by atoms with Crippen molar-refractivity contribution in [1.82, 2.24) is 10.2 Å². The lowest BCUT2D eigenvalue weighted by atomic mass is 10.3. The Hall–Kier alpha value is -0.770. The Kier molecular flexibility index (Phi) is 6.32. The number of likely N-dealkylation sites (tertiary alicyclic amines) is 1. The predicted molar refractivity (Wildman–Crippen MR) is 52.6 cm³/mol. The molecular formula is C9H20N2O2. The van der Waals surface area contributed by atoms with Gasteiger partial charge in [0.25, 0.3) is 0 Å². The fourth-order valence-corrected chi connectivity index (χ4v) is 1.19. The number of hydrogen-bond acceptors (Lipinski definition) is 2. The molecule has 1 heterocycles. The zero-order chi connectivity index (χ0) is 10.3. The Labute approximate surface area is 79.9 Å². The second-order valence-corrected chi connectivity index (χ2v) is 2.72. The van der Waals surface area contributed by atoms with Crippen molar-refractivity contribution < 1.29 is 9.90 Å². The number of nitrogens with one attached hydrogen (secondary N) is 1. The highest BCUT2D eigenvalue weighted by molar-refractivity contribution is 5.74. The average molecular weight is 188 g/mol. The van der Waals surface area contributed by atoms with Gasteiger partial charge in [-0.1, -0.05) is 13.8 Å². The van der Waals surface area contributed by atoms with Crippen molar-refractivity contribution in [3.05, 3.63) is 0 Å². The maximum atomic E-state index is 11.1. The lowest BCUT2D eigenvalue weighted by Gasteiger charge is -2.15.